The average Bonchev–Trinajstić information content (AvgIpc) is 2.94. The lowest BCUT2D eigenvalue weighted by Crippen LogP contribution is -2.32. The summed E-state index contributed by atoms with van der Waals surface area (Å²) in [6.07, 6.45) is 0.607. The molecule has 1 heterocycles. The third-order valence-electron chi connectivity index (χ3n) is 6.11. The van der Waals surface area contributed by atoms with Crippen molar-refractivity contribution >= 4 is 110 Å². The molecule has 0 radical (unpaired) electrons. The number of phenolic OH excluding ortho intramolecular Hbond substituents is 1. The molecule has 0 aromatic heterocycles. The predicted molar refractivity (Wildman–Crippen MR) is 181 cm³/mol. The van der Waals surface area contributed by atoms with Gasteiger partial charge in [-0.05, 0) is 119 Å². The van der Waals surface area contributed by atoms with Gasteiger partial charge in [-0.2, -0.15) is 0 Å². The van der Waals surface area contributed by atoms with Crippen molar-refractivity contribution in [1.29, 1.82) is 0 Å². The highest BCUT2D eigenvalue weighted by atomic mass is 79.9. The first-order valence-corrected chi connectivity index (χ1v) is 15.7. The van der Waals surface area contributed by atoms with Gasteiger partial charge in [-0.15, -0.1) is 0 Å². The van der Waals surface area contributed by atoms with Crippen LogP contribution in [-0.4, -0.2) is 40.3 Å². The molecule has 14 heteroatoms. The van der Waals surface area contributed by atoms with E-state index in [1.54, 1.807) is 31.2 Å². The molecule has 1 aliphatic heterocycles. The van der Waals surface area contributed by atoms with E-state index in [9.17, 15) is 24.6 Å². The Morgan fingerprint density at radius 1 is 1.00 bits per heavy atom. The first kappa shape index (κ1) is 32.1. The second kappa shape index (κ2) is 13.2. The van der Waals surface area contributed by atoms with Crippen LogP contribution in [0.15, 0.2) is 69.6 Å². The Morgan fingerprint density at radius 3 is 2.36 bits per heavy atom. The van der Waals surface area contributed by atoms with Crippen LogP contribution < -0.4 is 21.4 Å². The molecule has 0 saturated heterocycles. The second-order valence-corrected chi connectivity index (χ2v) is 12.8. The number of aromatic hydroxyl groups is 1. The zero-order valence-corrected chi connectivity index (χ0v) is 28.8. The van der Waals surface area contributed by atoms with Crippen LogP contribution in [0.1, 0.15) is 23.7 Å². The molecular formula is C28H21Br4N3O6S. The molecule has 42 heavy (non-hydrogen) atoms. The zero-order valence-electron chi connectivity index (χ0n) is 21.7. The zero-order chi connectivity index (χ0) is 30.9. The van der Waals surface area contributed by atoms with Crippen LogP contribution in [0.25, 0.3) is 33.4 Å². The monoisotopic (exact) mass is 843 g/mol. The molecule has 1 aliphatic carbocycles. The highest BCUT2D eigenvalue weighted by molar-refractivity contribution is 9.11. The fraction of sp³-hybridized carbons (Fsp3) is 0.143. The number of nitrogens with one attached hydrogen (secondary N) is 3. The van der Waals surface area contributed by atoms with Gasteiger partial charge in [0.25, 0.3) is 0 Å². The molecule has 4 rings (SSSR count). The summed E-state index contributed by atoms with van der Waals surface area (Å²) < 4.78 is 7.05. The SMILES string of the molecule is C=C(C)C(=O)NCCCNC(=S)Nc1ccc(-c2c3cc(Br)c(=O)c(Br)c-3oc3c(Br)c(O)c(Br)cc23)c(C(=O)O)c1. The van der Waals surface area contributed by atoms with Crippen LogP contribution in [0.4, 0.5) is 5.69 Å². The fourth-order valence-electron chi connectivity index (χ4n) is 4.12. The smallest absolute Gasteiger partial charge is 0.336 e. The average molecular weight is 847 g/mol. The number of carboxylic acid groups (broad SMARTS) is 1. The lowest BCUT2D eigenvalue weighted by molar-refractivity contribution is -0.117. The van der Waals surface area contributed by atoms with E-state index in [0.717, 1.165) is 0 Å². The molecule has 0 fully saturated rings. The Bertz CT molecular complexity index is 1820. The Balaban J connectivity index is 1.75. The van der Waals surface area contributed by atoms with Crippen molar-refractivity contribution in [2.45, 2.75) is 13.3 Å². The summed E-state index contributed by atoms with van der Waals surface area (Å²) in [4.78, 5) is 36.8. The summed E-state index contributed by atoms with van der Waals surface area (Å²) in [6, 6.07) is 7.97. The Labute approximate surface area is 278 Å². The van der Waals surface area contributed by atoms with Gasteiger partial charge >= 0.3 is 5.97 Å². The minimum absolute atomic E-state index is 0.0436. The van der Waals surface area contributed by atoms with E-state index in [1.807, 2.05) is 0 Å². The topological polar surface area (TPSA) is 141 Å². The molecule has 9 nitrogen and oxygen atoms in total. The van der Waals surface area contributed by atoms with Crippen molar-refractivity contribution < 1.29 is 24.2 Å². The van der Waals surface area contributed by atoms with Crippen molar-refractivity contribution in [3.05, 3.63) is 76.2 Å². The molecule has 2 aliphatic rings. The van der Waals surface area contributed by atoms with Crippen LogP contribution in [0, 0.1) is 0 Å². The van der Waals surface area contributed by atoms with Gasteiger partial charge < -0.3 is 30.6 Å². The number of carbonyl (C=O) groups is 2. The van der Waals surface area contributed by atoms with Crippen molar-refractivity contribution in [2.75, 3.05) is 18.4 Å². The number of fused-ring (bicyclic) bond motifs is 2. The van der Waals surface area contributed by atoms with Crippen LogP contribution in [0.3, 0.4) is 0 Å². The van der Waals surface area contributed by atoms with Gasteiger partial charge in [-0.1, -0.05) is 12.6 Å². The molecule has 5 N–H and O–H groups in total. The van der Waals surface area contributed by atoms with Gasteiger partial charge in [-0.25, -0.2) is 4.79 Å². The number of anilines is 1. The number of phenols is 1. The molecule has 1 amide bonds. The highest BCUT2D eigenvalue weighted by Gasteiger charge is 2.27. The molecule has 0 spiro atoms. The number of carbonyl (C=O) groups excluding carboxylic acids is 1. The van der Waals surface area contributed by atoms with Crippen molar-refractivity contribution in [2.24, 2.45) is 0 Å². The minimum atomic E-state index is -1.20. The van der Waals surface area contributed by atoms with Crippen molar-refractivity contribution in [3.8, 4) is 28.2 Å². The Morgan fingerprint density at radius 2 is 1.69 bits per heavy atom. The second-order valence-electron chi connectivity index (χ2n) is 9.09. The number of hydrogen-bond donors (Lipinski definition) is 5. The number of carboxylic acids is 1. The standard InChI is InChI=1S/C28H21Br4N3O6S/c1-11(2)26(38)33-6-3-7-34-28(42)35-12-4-5-13(14(8-12)27(39)40)19-15-9-17(29)22(36)20(31)24(15)41-25-16(19)10-18(30)23(37)21(25)32/h4-5,8-10,36H,1,3,6-7H2,2H3,(H,33,38)(H,39,40)(H2,34,35,42). The van der Waals surface area contributed by atoms with Crippen molar-refractivity contribution in [3.63, 3.8) is 0 Å². The molecule has 0 atom stereocenters. The maximum absolute atomic E-state index is 12.7. The lowest BCUT2D eigenvalue weighted by Gasteiger charge is -2.20. The number of amides is 1. The molecule has 2 aromatic carbocycles. The quantitative estimate of drug-likeness (QED) is 0.0532. The van der Waals surface area contributed by atoms with E-state index in [1.165, 1.54) is 6.07 Å². The van der Waals surface area contributed by atoms with Gasteiger partial charge in [-0.3, -0.25) is 9.59 Å². The first-order chi connectivity index (χ1) is 19.8. The van der Waals surface area contributed by atoms with E-state index in [0.29, 0.717) is 57.3 Å². The lowest BCUT2D eigenvalue weighted by atomic mass is 9.90. The number of halogens is 4. The van der Waals surface area contributed by atoms with Crippen LogP contribution in [-0.2, 0) is 4.79 Å². The van der Waals surface area contributed by atoms with E-state index >= 15 is 0 Å². The molecule has 2 aromatic rings. The van der Waals surface area contributed by atoms with Gasteiger partial charge in [0.2, 0.25) is 11.3 Å². The maximum atomic E-state index is 12.7. The van der Waals surface area contributed by atoms with E-state index in [2.05, 4.69) is 86.2 Å². The normalized spacial score (nSPS) is 11.0. The molecule has 0 unspecified atom stereocenters. The third kappa shape index (κ3) is 6.57. The van der Waals surface area contributed by atoms with Gasteiger partial charge in [0.1, 0.15) is 14.7 Å². The van der Waals surface area contributed by atoms with E-state index in [-0.39, 0.29) is 52.5 Å². The summed E-state index contributed by atoms with van der Waals surface area (Å²) in [5.74, 6) is -1.35. The van der Waals surface area contributed by atoms with Gasteiger partial charge in [0.05, 0.1) is 14.5 Å². The molecular weight excluding hydrogens is 826 g/mol. The number of hydrogen-bond acceptors (Lipinski definition) is 6. The van der Waals surface area contributed by atoms with E-state index in [4.69, 9.17) is 16.6 Å². The third-order valence-corrected chi connectivity index (χ3v) is 9.01. The maximum Gasteiger partial charge on any atom is 0.336 e. The summed E-state index contributed by atoms with van der Waals surface area (Å²) in [7, 11) is 0. The predicted octanol–water partition coefficient (Wildman–Crippen LogP) is 7.39. The molecule has 0 saturated carbocycles. The van der Waals surface area contributed by atoms with Crippen LogP contribution >= 0.6 is 75.9 Å². The molecule has 0 bridgehead atoms. The number of thiocarbonyl (C=S) groups is 1. The van der Waals surface area contributed by atoms with Gasteiger partial charge in [0, 0.05) is 40.9 Å². The minimum Gasteiger partial charge on any atom is -0.505 e. The number of rotatable bonds is 8. The van der Waals surface area contributed by atoms with Crippen LogP contribution in [0.5, 0.6) is 5.75 Å². The molecule has 218 valence electrons. The van der Waals surface area contributed by atoms with Gasteiger partial charge in [0.15, 0.2) is 16.5 Å². The van der Waals surface area contributed by atoms with E-state index < -0.39 is 5.97 Å². The Kier molecular flexibility index (Phi) is 10.1. The summed E-state index contributed by atoms with van der Waals surface area (Å²) in [5.41, 5.74) is 1.95. The first-order valence-electron chi connectivity index (χ1n) is 12.1. The largest absolute Gasteiger partial charge is 0.505 e. The number of benzene rings is 3. The fourth-order valence-corrected chi connectivity index (χ4v) is 6.74. The highest BCUT2D eigenvalue weighted by Crippen LogP contribution is 2.49. The summed E-state index contributed by atoms with van der Waals surface area (Å²) in [5, 5.41) is 30.3. The summed E-state index contributed by atoms with van der Waals surface area (Å²) in [6.45, 7) is 6.13. The summed E-state index contributed by atoms with van der Waals surface area (Å²) >= 11 is 18.7. The number of aromatic carboxylic acids is 1. The van der Waals surface area contributed by atoms with Crippen LogP contribution in [0.2, 0.25) is 0 Å². The van der Waals surface area contributed by atoms with Crippen molar-refractivity contribution in [1.82, 2.24) is 10.6 Å². The Hall–Kier alpha value is -2.78.